The Kier molecular flexibility index (Phi) is 7.73. The summed E-state index contributed by atoms with van der Waals surface area (Å²) < 4.78 is 28.8. The Morgan fingerprint density at radius 2 is 1.78 bits per heavy atom. The van der Waals surface area contributed by atoms with E-state index in [1.165, 1.54) is 17.0 Å². The molecular weight excluding hydrogens is 351 g/mol. The number of amides is 2. The second-order valence-electron chi connectivity index (χ2n) is 5.90. The lowest BCUT2D eigenvalue weighted by Crippen LogP contribution is -2.40. The summed E-state index contributed by atoms with van der Waals surface area (Å²) in [5, 5.41) is 2.86. The van der Waals surface area contributed by atoms with Gasteiger partial charge in [-0.05, 0) is 48.4 Å². The van der Waals surface area contributed by atoms with Crippen LogP contribution in [0.25, 0.3) is 0 Å². The molecule has 0 radical (unpaired) electrons. The number of rotatable bonds is 9. The number of nitrogens with zero attached hydrogens (tertiary/aromatic N) is 1. The molecule has 0 saturated carbocycles. The summed E-state index contributed by atoms with van der Waals surface area (Å²) in [5.74, 6) is 1.59. The van der Waals surface area contributed by atoms with Gasteiger partial charge in [0, 0.05) is 13.6 Å². The Hall–Kier alpha value is -2.96. The fourth-order valence-corrected chi connectivity index (χ4v) is 2.42. The molecule has 0 aromatic heterocycles. The van der Waals surface area contributed by atoms with Crippen molar-refractivity contribution in [1.82, 2.24) is 10.2 Å². The van der Waals surface area contributed by atoms with E-state index in [1.807, 2.05) is 18.2 Å². The van der Waals surface area contributed by atoms with Crippen molar-refractivity contribution < 1.29 is 23.4 Å². The monoisotopic (exact) mass is 376 g/mol. The Bertz CT molecular complexity index is 737. The number of likely N-dealkylation sites (N-methyl/N-ethyl adjacent to an activating group) is 1. The molecule has 0 aliphatic carbocycles. The van der Waals surface area contributed by atoms with Crippen LogP contribution >= 0.6 is 0 Å². The second-order valence-corrected chi connectivity index (χ2v) is 5.90. The van der Waals surface area contributed by atoms with Gasteiger partial charge in [-0.3, -0.25) is 0 Å². The van der Waals surface area contributed by atoms with E-state index in [0.717, 1.165) is 5.56 Å². The van der Waals surface area contributed by atoms with E-state index in [0.29, 0.717) is 43.4 Å². The second kappa shape index (κ2) is 10.3. The Balaban J connectivity index is 1.70. The van der Waals surface area contributed by atoms with E-state index < -0.39 is 0 Å². The van der Waals surface area contributed by atoms with E-state index in [1.54, 1.807) is 33.4 Å². The van der Waals surface area contributed by atoms with Gasteiger partial charge in [-0.2, -0.15) is 0 Å². The molecule has 2 aromatic rings. The number of hydrogen-bond donors (Lipinski definition) is 1. The quantitative estimate of drug-likeness (QED) is 0.731. The number of hydrogen-bond acceptors (Lipinski definition) is 4. The third-order valence-corrected chi connectivity index (χ3v) is 3.99. The normalized spacial score (nSPS) is 10.2. The van der Waals surface area contributed by atoms with Gasteiger partial charge in [-0.25, -0.2) is 9.18 Å². The maximum Gasteiger partial charge on any atom is 0.317 e. The summed E-state index contributed by atoms with van der Waals surface area (Å²) >= 11 is 0. The fourth-order valence-electron chi connectivity index (χ4n) is 2.42. The van der Waals surface area contributed by atoms with Gasteiger partial charge in [0.15, 0.2) is 11.5 Å². The van der Waals surface area contributed by atoms with Crippen molar-refractivity contribution in [3.8, 4) is 17.2 Å². The summed E-state index contributed by atoms with van der Waals surface area (Å²) in [6, 6.07) is 11.3. The molecule has 0 fully saturated rings. The SMILES string of the molecule is COc1ccc(CCNC(=O)N(C)CCOc2ccc(F)cc2)cc1OC. The zero-order valence-electron chi connectivity index (χ0n) is 15.8. The van der Waals surface area contributed by atoms with Crippen molar-refractivity contribution in [2.75, 3.05) is 41.0 Å². The molecule has 0 unspecified atom stereocenters. The van der Waals surface area contributed by atoms with Crippen LogP contribution in [-0.2, 0) is 6.42 Å². The largest absolute Gasteiger partial charge is 0.493 e. The maximum absolute atomic E-state index is 12.8. The van der Waals surface area contributed by atoms with Gasteiger partial charge >= 0.3 is 6.03 Å². The van der Waals surface area contributed by atoms with Gasteiger partial charge in [0.2, 0.25) is 0 Å². The summed E-state index contributed by atoms with van der Waals surface area (Å²) in [7, 11) is 4.87. The maximum atomic E-state index is 12.8. The van der Waals surface area contributed by atoms with Crippen LogP contribution < -0.4 is 19.5 Å². The molecule has 0 bridgehead atoms. The minimum absolute atomic E-state index is 0.182. The minimum Gasteiger partial charge on any atom is -0.493 e. The molecule has 146 valence electrons. The van der Waals surface area contributed by atoms with Crippen LogP contribution in [0.5, 0.6) is 17.2 Å². The number of carbonyl (C=O) groups excluding carboxylic acids is 1. The molecule has 0 aliphatic heterocycles. The van der Waals surface area contributed by atoms with E-state index in [4.69, 9.17) is 14.2 Å². The molecule has 0 atom stereocenters. The third kappa shape index (κ3) is 6.36. The van der Waals surface area contributed by atoms with E-state index >= 15 is 0 Å². The lowest BCUT2D eigenvalue weighted by Gasteiger charge is -2.18. The van der Waals surface area contributed by atoms with Gasteiger partial charge in [0.05, 0.1) is 20.8 Å². The predicted molar refractivity (Wildman–Crippen MR) is 101 cm³/mol. The smallest absolute Gasteiger partial charge is 0.317 e. The number of ether oxygens (including phenoxy) is 3. The van der Waals surface area contributed by atoms with Crippen LogP contribution in [0.3, 0.4) is 0 Å². The highest BCUT2D eigenvalue weighted by atomic mass is 19.1. The molecule has 0 spiro atoms. The minimum atomic E-state index is -0.312. The van der Waals surface area contributed by atoms with E-state index in [-0.39, 0.29) is 11.8 Å². The number of methoxy groups -OCH3 is 2. The zero-order chi connectivity index (χ0) is 19.6. The molecule has 6 nitrogen and oxygen atoms in total. The van der Waals surface area contributed by atoms with Gasteiger partial charge in [-0.1, -0.05) is 6.07 Å². The molecule has 2 amide bonds. The van der Waals surface area contributed by atoms with Crippen LogP contribution in [0, 0.1) is 5.82 Å². The van der Waals surface area contributed by atoms with Gasteiger partial charge in [-0.15, -0.1) is 0 Å². The Morgan fingerprint density at radius 3 is 2.44 bits per heavy atom. The standard InChI is InChI=1S/C20H25FN2O4/c1-23(12-13-27-17-7-5-16(21)6-8-17)20(24)22-11-10-15-4-9-18(25-2)19(14-15)26-3/h4-9,14H,10-13H2,1-3H3,(H,22,24). The van der Waals surface area contributed by atoms with Crippen molar-refractivity contribution in [3.63, 3.8) is 0 Å². The van der Waals surface area contributed by atoms with Crippen molar-refractivity contribution in [1.29, 1.82) is 0 Å². The average Bonchev–Trinajstić information content (AvgIpc) is 2.69. The predicted octanol–water partition coefficient (Wildman–Crippen LogP) is 3.11. The Morgan fingerprint density at radius 1 is 1.07 bits per heavy atom. The topological polar surface area (TPSA) is 60.0 Å². The Labute approximate surface area is 158 Å². The first-order valence-corrected chi connectivity index (χ1v) is 8.61. The van der Waals surface area contributed by atoms with Crippen LogP contribution in [0.4, 0.5) is 9.18 Å². The summed E-state index contributed by atoms with van der Waals surface area (Å²) in [6.45, 7) is 1.24. The number of urea groups is 1. The van der Waals surface area contributed by atoms with Crippen LogP contribution in [-0.4, -0.2) is 51.9 Å². The van der Waals surface area contributed by atoms with Crippen LogP contribution in [0.15, 0.2) is 42.5 Å². The number of benzene rings is 2. The first-order chi connectivity index (χ1) is 13.0. The third-order valence-electron chi connectivity index (χ3n) is 3.99. The van der Waals surface area contributed by atoms with Crippen molar-refractivity contribution in [2.24, 2.45) is 0 Å². The molecule has 0 saturated heterocycles. The molecule has 2 aromatic carbocycles. The van der Waals surface area contributed by atoms with Crippen LogP contribution in [0.2, 0.25) is 0 Å². The first-order valence-electron chi connectivity index (χ1n) is 8.61. The molecule has 0 heterocycles. The summed E-state index contributed by atoms with van der Waals surface area (Å²) in [4.78, 5) is 13.6. The molecule has 27 heavy (non-hydrogen) atoms. The summed E-state index contributed by atoms with van der Waals surface area (Å²) in [6.07, 6.45) is 0.673. The molecule has 1 N–H and O–H groups in total. The molecule has 2 rings (SSSR count). The average molecular weight is 376 g/mol. The number of carbonyl (C=O) groups is 1. The molecule has 0 aliphatic rings. The fraction of sp³-hybridized carbons (Fsp3) is 0.350. The lowest BCUT2D eigenvalue weighted by molar-refractivity contribution is 0.195. The van der Waals surface area contributed by atoms with Gasteiger partial charge in [0.25, 0.3) is 0 Å². The molecular formula is C20H25FN2O4. The van der Waals surface area contributed by atoms with E-state index in [9.17, 15) is 9.18 Å². The van der Waals surface area contributed by atoms with Crippen LogP contribution in [0.1, 0.15) is 5.56 Å². The first kappa shape index (κ1) is 20.4. The van der Waals surface area contributed by atoms with Crippen molar-refractivity contribution in [2.45, 2.75) is 6.42 Å². The van der Waals surface area contributed by atoms with Crippen molar-refractivity contribution >= 4 is 6.03 Å². The lowest BCUT2D eigenvalue weighted by atomic mass is 10.1. The van der Waals surface area contributed by atoms with Gasteiger partial charge in [0.1, 0.15) is 18.2 Å². The zero-order valence-corrected chi connectivity index (χ0v) is 15.8. The van der Waals surface area contributed by atoms with E-state index in [2.05, 4.69) is 5.32 Å². The highest BCUT2D eigenvalue weighted by Crippen LogP contribution is 2.27. The molecule has 7 heteroatoms. The van der Waals surface area contributed by atoms with Gasteiger partial charge < -0.3 is 24.4 Å². The number of halogens is 1. The highest BCUT2D eigenvalue weighted by Gasteiger charge is 2.09. The highest BCUT2D eigenvalue weighted by molar-refractivity contribution is 5.73. The number of nitrogens with one attached hydrogen (secondary N) is 1. The summed E-state index contributed by atoms with van der Waals surface area (Å²) in [5.41, 5.74) is 1.04. The van der Waals surface area contributed by atoms with Crippen molar-refractivity contribution in [3.05, 3.63) is 53.8 Å².